The lowest BCUT2D eigenvalue weighted by Gasteiger charge is -2.28. The van der Waals surface area contributed by atoms with Gasteiger partial charge in [-0.05, 0) is 42.7 Å². The molecule has 0 fully saturated rings. The van der Waals surface area contributed by atoms with Crippen LogP contribution in [0.3, 0.4) is 0 Å². The molecule has 1 aromatic carbocycles. The Hall–Kier alpha value is -1.03. The third-order valence-electron chi connectivity index (χ3n) is 3.13. The van der Waals surface area contributed by atoms with Gasteiger partial charge in [0, 0.05) is 0 Å². The van der Waals surface area contributed by atoms with E-state index < -0.39 is 0 Å². The monoisotopic (exact) mass is 297 g/mol. The molecule has 0 saturated carbocycles. The van der Waals surface area contributed by atoms with Gasteiger partial charge in [-0.2, -0.15) is 11.8 Å². The van der Waals surface area contributed by atoms with Gasteiger partial charge in [-0.1, -0.05) is 32.9 Å². The molecule has 0 bridgehead atoms. The van der Waals surface area contributed by atoms with Crippen LogP contribution in [0.1, 0.15) is 45.7 Å². The lowest BCUT2D eigenvalue weighted by molar-refractivity contribution is -0.121. The molecule has 0 aliphatic heterocycles. The molecule has 0 saturated heterocycles. The van der Waals surface area contributed by atoms with Crippen LogP contribution in [-0.4, -0.2) is 17.4 Å². The molecule has 112 valence electrons. The first-order valence-electron chi connectivity index (χ1n) is 6.81. The number of hydrogen-bond donors (Lipinski definition) is 1. The fourth-order valence-corrected chi connectivity index (χ4v) is 2.24. The van der Waals surface area contributed by atoms with Crippen molar-refractivity contribution in [3.8, 4) is 0 Å². The molecule has 0 aliphatic rings. The van der Waals surface area contributed by atoms with Crippen LogP contribution in [0.5, 0.6) is 0 Å². The minimum Gasteiger partial charge on any atom is -0.348 e. The van der Waals surface area contributed by atoms with Crippen LogP contribution >= 0.6 is 11.8 Å². The average Bonchev–Trinajstić information content (AvgIpc) is 2.36. The van der Waals surface area contributed by atoms with Crippen molar-refractivity contribution >= 4 is 17.7 Å². The smallest absolute Gasteiger partial charge is 0.233 e. The second kappa shape index (κ2) is 7.11. The summed E-state index contributed by atoms with van der Waals surface area (Å²) in [5, 5.41) is 2.99. The molecular weight excluding hydrogens is 273 g/mol. The molecule has 1 rings (SSSR count). The number of halogens is 1. The molecule has 1 amide bonds. The normalized spacial score (nSPS) is 14.7. The van der Waals surface area contributed by atoms with E-state index in [1.54, 1.807) is 12.1 Å². The zero-order valence-electron chi connectivity index (χ0n) is 12.9. The Balaban J connectivity index is 2.91. The maximum Gasteiger partial charge on any atom is 0.233 e. The van der Waals surface area contributed by atoms with E-state index in [-0.39, 0.29) is 28.4 Å². The van der Waals surface area contributed by atoms with Gasteiger partial charge in [0.2, 0.25) is 5.91 Å². The standard InChI is InChI=1S/C16H24FNOS/c1-11(20-5)15(19)18-14(10-16(2,3)4)12-6-8-13(17)9-7-12/h6-9,11,14H,10H2,1-5H3,(H,18,19)/t11-,14+/m0/s1. The summed E-state index contributed by atoms with van der Waals surface area (Å²) in [7, 11) is 0. The number of carbonyl (C=O) groups excluding carboxylic acids is 1. The molecule has 0 aliphatic carbocycles. The zero-order chi connectivity index (χ0) is 15.3. The minimum atomic E-state index is -0.257. The predicted octanol–water partition coefficient (Wildman–Crippen LogP) is 4.17. The summed E-state index contributed by atoms with van der Waals surface area (Å²) in [5.41, 5.74) is 1.03. The van der Waals surface area contributed by atoms with Gasteiger partial charge in [0.1, 0.15) is 5.82 Å². The van der Waals surface area contributed by atoms with Crippen molar-refractivity contribution in [3.05, 3.63) is 35.6 Å². The first-order chi connectivity index (χ1) is 9.23. The maximum atomic E-state index is 13.0. The maximum absolute atomic E-state index is 13.0. The van der Waals surface area contributed by atoms with E-state index in [9.17, 15) is 9.18 Å². The van der Waals surface area contributed by atoms with Gasteiger partial charge in [0.05, 0.1) is 11.3 Å². The van der Waals surface area contributed by atoms with Gasteiger partial charge >= 0.3 is 0 Å². The number of hydrogen-bond acceptors (Lipinski definition) is 2. The Morgan fingerprint density at radius 1 is 1.30 bits per heavy atom. The largest absolute Gasteiger partial charge is 0.348 e. The number of carbonyl (C=O) groups is 1. The van der Waals surface area contributed by atoms with Gasteiger partial charge in [-0.25, -0.2) is 4.39 Å². The quantitative estimate of drug-likeness (QED) is 0.883. The fraction of sp³-hybridized carbons (Fsp3) is 0.562. The third kappa shape index (κ3) is 5.53. The summed E-state index contributed by atoms with van der Waals surface area (Å²) >= 11 is 1.52. The summed E-state index contributed by atoms with van der Waals surface area (Å²) in [4.78, 5) is 12.1. The number of nitrogens with one attached hydrogen (secondary N) is 1. The molecule has 1 N–H and O–H groups in total. The predicted molar refractivity (Wildman–Crippen MR) is 84.3 cm³/mol. The summed E-state index contributed by atoms with van der Waals surface area (Å²) in [5.74, 6) is -0.233. The lowest BCUT2D eigenvalue weighted by atomic mass is 9.85. The van der Waals surface area contributed by atoms with Crippen molar-refractivity contribution in [2.24, 2.45) is 5.41 Å². The van der Waals surface area contributed by atoms with Crippen molar-refractivity contribution in [3.63, 3.8) is 0 Å². The van der Waals surface area contributed by atoms with Crippen LogP contribution in [0.2, 0.25) is 0 Å². The molecule has 0 unspecified atom stereocenters. The molecule has 0 heterocycles. The molecule has 0 radical (unpaired) electrons. The van der Waals surface area contributed by atoms with Crippen LogP contribution < -0.4 is 5.32 Å². The summed E-state index contributed by atoms with van der Waals surface area (Å²) in [6.07, 6.45) is 2.73. The van der Waals surface area contributed by atoms with E-state index in [2.05, 4.69) is 26.1 Å². The van der Waals surface area contributed by atoms with Crippen molar-refractivity contribution in [2.45, 2.75) is 45.4 Å². The number of thioether (sulfide) groups is 1. The SMILES string of the molecule is CS[C@@H](C)C(=O)N[C@H](CC(C)(C)C)c1ccc(F)cc1. The number of benzene rings is 1. The number of rotatable bonds is 5. The Morgan fingerprint density at radius 2 is 1.85 bits per heavy atom. The first kappa shape index (κ1) is 17.0. The van der Waals surface area contributed by atoms with Crippen molar-refractivity contribution in [2.75, 3.05) is 6.26 Å². The average molecular weight is 297 g/mol. The third-order valence-corrected chi connectivity index (χ3v) is 4.05. The Kier molecular flexibility index (Phi) is 6.06. The molecule has 2 nitrogen and oxygen atoms in total. The van der Waals surface area contributed by atoms with Crippen LogP contribution in [0, 0.1) is 11.2 Å². The van der Waals surface area contributed by atoms with Crippen molar-refractivity contribution in [1.29, 1.82) is 0 Å². The summed E-state index contributed by atoms with van der Waals surface area (Å²) < 4.78 is 13.0. The van der Waals surface area contributed by atoms with Crippen molar-refractivity contribution < 1.29 is 9.18 Å². The van der Waals surface area contributed by atoms with E-state index in [1.165, 1.54) is 23.9 Å². The van der Waals surface area contributed by atoms with Gasteiger partial charge in [-0.3, -0.25) is 4.79 Å². The van der Waals surface area contributed by atoms with Crippen LogP contribution in [-0.2, 0) is 4.79 Å². The molecule has 4 heteroatoms. The second-order valence-electron chi connectivity index (χ2n) is 6.26. The van der Waals surface area contributed by atoms with E-state index >= 15 is 0 Å². The van der Waals surface area contributed by atoms with Crippen molar-refractivity contribution in [1.82, 2.24) is 5.32 Å². The van der Waals surface area contributed by atoms with E-state index in [1.807, 2.05) is 13.2 Å². The highest BCUT2D eigenvalue weighted by Gasteiger charge is 2.23. The Morgan fingerprint density at radius 3 is 2.30 bits per heavy atom. The first-order valence-corrected chi connectivity index (χ1v) is 8.10. The van der Waals surface area contributed by atoms with Gasteiger partial charge < -0.3 is 5.32 Å². The lowest BCUT2D eigenvalue weighted by Crippen LogP contribution is -2.36. The van der Waals surface area contributed by atoms with E-state index in [0.717, 1.165) is 12.0 Å². The molecular formula is C16H24FNOS. The van der Waals surface area contributed by atoms with Crippen LogP contribution in [0.4, 0.5) is 4.39 Å². The Bertz CT molecular complexity index is 439. The molecule has 1 aromatic rings. The van der Waals surface area contributed by atoms with Gasteiger partial charge in [0.15, 0.2) is 0 Å². The number of amides is 1. The van der Waals surface area contributed by atoms with E-state index in [4.69, 9.17) is 0 Å². The summed E-state index contributed by atoms with van der Waals surface area (Å²) in [6.45, 7) is 8.29. The van der Waals surface area contributed by atoms with Gasteiger partial charge in [0.25, 0.3) is 0 Å². The van der Waals surface area contributed by atoms with Gasteiger partial charge in [-0.15, -0.1) is 0 Å². The highest BCUT2D eigenvalue weighted by atomic mass is 32.2. The fourth-order valence-electron chi connectivity index (χ4n) is 1.96. The highest BCUT2D eigenvalue weighted by molar-refractivity contribution is 7.99. The highest BCUT2D eigenvalue weighted by Crippen LogP contribution is 2.29. The second-order valence-corrected chi connectivity index (χ2v) is 7.43. The molecule has 20 heavy (non-hydrogen) atoms. The zero-order valence-corrected chi connectivity index (χ0v) is 13.7. The Labute approximate surface area is 125 Å². The van der Waals surface area contributed by atoms with Crippen LogP contribution in [0.25, 0.3) is 0 Å². The topological polar surface area (TPSA) is 29.1 Å². The molecule has 2 atom stereocenters. The van der Waals surface area contributed by atoms with Crippen LogP contribution in [0.15, 0.2) is 24.3 Å². The molecule has 0 spiro atoms. The minimum absolute atomic E-state index is 0.0241. The molecule has 0 aromatic heterocycles. The summed E-state index contributed by atoms with van der Waals surface area (Å²) in [6, 6.07) is 6.29. The van der Waals surface area contributed by atoms with E-state index in [0.29, 0.717) is 0 Å².